The van der Waals surface area contributed by atoms with Crippen molar-refractivity contribution in [3.8, 4) is 0 Å². The molecule has 2 unspecified atom stereocenters. The average Bonchev–Trinajstić information content (AvgIpc) is 3.07. The summed E-state index contributed by atoms with van der Waals surface area (Å²) in [4.78, 5) is 7.21. The van der Waals surface area contributed by atoms with Gasteiger partial charge in [0.05, 0.1) is 26.4 Å². The number of aliphatic imine (C=N–C) groups is 1. The number of morpholine rings is 1. The van der Waals surface area contributed by atoms with E-state index in [1.807, 2.05) is 0 Å². The maximum Gasteiger partial charge on any atom is 0.191 e. The molecular weight excluding hydrogens is 308 g/mol. The molecule has 0 spiro atoms. The van der Waals surface area contributed by atoms with E-state index >= 15 is 0 Å². The van der Waals surface area contributed by atoms with E-state index in [0.717, 1.165) is 64.8 Å². The van der Waals surface area contributed by atoms with Crippen LogP contribution in [0.4, 0.5) is 0 Å². The summed E-state index contributed by atoms with van der Waals surface area (Å²) in [5.74, 6) is 0.849. The lowest BCUT2D eigenvalue weighted by Crippen LogP contribution is -2.49. The fourth-order valence-electron chi connectivity index (χ4n) is 3.27. The van der Waals surface area contributed by atoms with Gasteiger partial charge in [-0.1, -0.05) is 0 Å². The van der Waals surface area contributed by atoms with Gasteiger partial charge in [-0.15, -0.1) is 0 Å². The highest BCUT2D eigenvalue weighted by Crippen LogP contribution is 2.32. The van der Waals surface area contributed by atoms with E-state index in [9.17, 15) is 5.11 Å². The van der Waals surface area contributed by atoms with Crippen LogP contribution in [0.3, 0.4) is 0 Å². The van der Waals surface area contributed by atoms with Crippen LogP contribution in [-0.4, -0.2) is 87.8 Å². The Morgan fingerprint density at radius 3 is 2.67 bits per heavy atom. The minimum absolute atomic E-state index is 0.00702. The number of nitrogens with one attached hydrogen (secondary N) is 2. The molecule has 0 bridgehead atoms. The number of guanidine groups is 1. The van der Waals surface area contributed by atoms with E-state index < -0.39 is 0 Å². The number of nitrogens with zero attached hydrogens (tertiary/aromatic N) is 2. The summed E-state index contributed by atoms with van der Waals surface area (Å²) in [6.07, 6.45) is 1.72. The van der Waals surface area contributed by atoms with Gasteiger partial charge in [0.2, 0.25) is 0 Å². The second-order valence-electron chi connectivity index (χ2n) is 6.85. The zero-order valence-corrected chi connectivity index (χ0v) is 15.2. The number of hydrogen-bond donors (Lipinski definition) is 3. The molecule has 140 valence electrons. The molecular formula is C17H34N4O3. The van der Waals surface area contributed by atoms with Crippen molar-refractivity contribution in [1.29, 1.82) is 0 Å². The van der Waals surface area contributed by atoms with Crippen molar-refractivity contribution in [3.63, 3.8) is 0 Å². The Hall–Kier alpha value is -0.890. The van der Waals surface area contributed by atoms with Gasteiger partial charge in [-0.25, -0.2) is 0 Å². The lowest BCUT2D eigenvalue weighted by molar-refractivity contribution is 0.0211. The highest BCUT2D eigenvalue weighted by Gasteiger charge is 2.34. The zero-order chi connectivity index (χ0) is 17.3. The van der Waals surface area contributed by atoms with Crippen LogP contribution in [-0.2, 0) is 9.47 Å². The SMILES string of the molecule is CCNC(=NCC1(CCO)CCOC1)NCC(C)N1CCOCC1. The molecule has 0 aliphatic carbocycles. The first-order chi connectivity index (χ1) is 11.7. The summed E-state index contributed by atoms with van der Waals surface area (Å²) in [6.45, 7) is 12.0. The van der Waals surface area contributed by atoms with Crippen molar-refractivity contribution >= 4 is 5.96 Å². The van der Waals surface area contributed by atoms with Gasteiger partial charge in [-0.3, -0.25) is 9.89 Å². The molecule has 0 aromatic heterocycles. The number of hydrogen-bond acceptors (Lipinski definition) is 5. The Kier molecular flexibility index (Phi) is 8.24. The number of aliphatic hydroxyl groups excluding tert-OH is 1. The Bertz CT molecular complexity index is 380. The van der Waals surface area contributed by atoms with Crippen molar-refractivity contribution in [3.05, 3.63) is 0 Å². The van der Waals surface area contributed by atoms with Crippen LogP contribution in [0.15, 0.2) is 4.99 Å². The molecule has 2 fully saturated rings. The van der Waals surface area contributed by atoms with Gasteiger partial charge < -0.3 is 25.2 Å². The number of ether oxygens (including phenoxy) is 2. The molecule has 0 aromatic carbocycles. The summed E-state index contributed by atoms with van der Waals surface area (Å²) in [6, 6.07) is 0.443. The molecule has 2 rings (SSSR count). The molecule has 0 amide bonds. The normalized spacial score (nSPS) is 27.2. The summed E-state index contributed by atoms with van der Waals surface area (Å²) in [5.41, 5.74) is -0.00702. The molecule has 2 aliphatic heterocycles. The maximum absolute atomic E-state index is 9.33. The van der Waals surface area contributed by atoms with Crippen molar-refractivity contribution in [2.24, 2.45) is 10.4 Å². The van der Waals surface area contributed by atoms with Crippen LogP contribution in [0.5, 0.6) is 0 Å². The highest BCUT2D eigenvalue weighted by molar-refractivity contribution is 5.79. The molecule has 0 radical (unpaired) electrons. The lowest BCUT2D eigenvalue weighted by atomic mass is 9.84. The largest absolute Gasteiger partial charge is 0.396 e. The van der Waals surface area contributed by atoms with E-state index in [0.29, 0.717) is 19.2 Å². The van der Waals surface area contributed by atoms with Gasteiger partial charge in [-0.2, -0.15) is 0 Å². The summed E-state index contributed by atoms with van der Waals surface area (Å²) in [5, 5.41) is 16.1. The first-order valence-electron chi connectivity index (χ1n) is 9.22. The van der Waals surface area contributed by atoms with Crippen LogP contribution in [0.1, 0.15) is 26.7 Å². The van der Waals surface area contributed by atoms with Crippen molar-refractivity contribution in [2.45, 2.75) is 32.7 Å². The van der Waals surface area contributed by atoms with Gasteiger partial charge in [0.25, 0.3) is 0 Å². The Labute approximate surface area is 145 Å². The van der Waals surface area contributed by atoms with Gasteiger partial charge in [0, 0.05) is 50.8 Å². The molecule has 0 aromatic rings. The Balaban J connectivity index is 1.85. The van der Waals surface area contributed by atoms with Crippen molar-refractivity contribution in [1.82, 2.24) is 15.5 Å². The van der Waals surface area contributed by atoms with Crippen LogP contribution in [0.2, 0.25) is 0 Å². The van der Waals surface area contributed by atoms with Crippen LogP contribution >= 0.6 is 0 Å². The third kappa shape index (κ3) is 5.88. The summed E-state index contributed by atoms with van der Waals surface area (Å²) in [7, 11) is 0. The molecule has 3 N–H and O–H groups in total. The topological polar surface area (TPSA) is 78.4 Å². The van der Waals surface area contributed by atoms with Crippen molar-refractivity contribution < 1.29 is 14.6 Å². The molecule has 2 aliphatic rings. The average molecular weight is 342 g/mol. The quantitative estimate of drug-likeness (QED) is 0.427. The third-order valence-electron chi connectivity index (χ3n) is 4.98. The molecule has 7 heteroatoms. The maximum atomic E-state index is 9.33. The predicted octanol–water partition coefficient (Wildman–Crippen LogP) is 0.0513. The van der Waals surface area contributed by atoms with Crippen LogP contribution < -0.4 is 10.6 Å². The van der Waals surface area contributed by atoms with E-state index in [1.165, 1.54) is 0 Å². The van der Waals surface area contributed by atoms with E-state index in [1.54, 1.807) is 0 Å². The molecule has 0 saturated carbocycles. The van der Waals surface area contributed by atoms with Gasteiger partial charge >= 0.3 is 0 Å². The predicted molar refractivity (Wildman–Crippen MR) is 95.4 cm³/mol. The summed E-state index contributed by atoms with van der Waals surface area (Å²) >= 11 is 0. The summed E-state index contributed by atoms with van der Waals surface area (Å²) < 4.78 is 11.0. The minimum Gasteiger partial charge on any atom is -0.396 e. The fourth-order valence-corrected chi connectivity index (χ4v) is 3.27. The monoisotopic (exact) mass is 342 g/mol. The number of aliphatic hydroxyl groups is 1. The van der Waals surface area contributed by atoms with Gasteiger partial charge in [0.15, 0.2) is 5.96 Å². The highest BCUT2D eigenvalue weighted by atomic mass is 16.5. The Morgan fingerprint density at radius 1 is 1.25 bits per heavy atom. The van der Waals surface area contributed by atoms with E-state index in [4.69, 9.17) is 14.5 Å². The molecule has 7 nitrogen and oxygen atoms in total. The lowest BCUT2D eigenvalue weighted by Gasteiger charge is -2.32. The van der Waals surface area contributed by atoms with E-state index in [2.05, 4.69) is 29.4 Å². The standard InChI is InChI=1S/C17H34N4O3/c1-3-18-16(19-12-15(2)21-6-10-23-11-7-21)20-13-17(4-8-22)5-9-24-14-17/h15,22H,3-14H2,1-2H3,(H2,18,19,20). The first kappa shape index (κ1) is 19.4. The van der Waals surface area contributed by atoms with Crippen LogP contribution in [0, 0.1) is 5.41 Å². The minimum atomic E-state index is -0.00702. The number of rotatable bonds is 8. The van der Waals surface area contributed by atoms with Gasteiger partial charge in [-0.05, 0) is 26.7 Å². The van der Waals surface area contributed by atoms with E-state index in [-0.39, 0.29) is 12.0 Å². The molecule has 2 atom stereocenters. The second-order valence-corrected chi connectivity index (χ2v) is 6.85. The fraction of sp³-hybridized carbons (Fsp3) is 0.941. The van der Waals surface area contributed by atoms with Gasteiger partial charge in [0.1, 0.15) is 0 Å². The molecule has 24 heavy (non-hydrogen) atoms. The van der Waals surface area contributed by atoms with Crippen molar-refractivity contribution in [2.75, 3.05) is 65.8 Å². The zero-order valence-electron chi connectivity index (χ0n) is 15.2. The molecule has 2 saturated heterocycles. The Morgan fingerprint density at radius 2 is 2.04 bits per heavy atom. The second kappa shape index (κ2) is 10.2. The smallest absolute Gasteiger partial charge is 0.191 e. The van der Waals surface area contributed by atoms with Crippen LogP contribution in [0.25, 0.3) is 0 Å². The molecule has 2 heterocycles. The first-order valence-corrected chi connectivity index (χ1v) is 9.22. The third-order valence-corrected chi connectivity index (χ3v) is 4.98.